The van der Waals surface area contributed by atoms with Gasteiger partial charge in [0.25, 0.3) is 0 Å². The minimum Gasteiger partial charge on any atom is -0.329 e. The van der Waals surface area contributed by atoms with E-state index in [2.05, 4.69) is 30.2 Å². The third-order valence-corrected chi connectivity index (χ3v) is 3.24. The summed E-state index contributed by atoms with van der Waals surface area (Å²) in [6, 6.07) is 2.18. The second-order valence-corrected chi connectivity index (χ2v) is 4.18. The van der Waals surface area contributed by atoms with Crippen molar-refractivity contribution in [2.45, 2.75) is 20.4 Å². The van der Waals surface area contributed by atoms with E-state index in [-0.39, 0.29) is 0 Å². The predicted octanol–water partition coefficient (Wildman–Crippen LogP) is 1.84. The van der Waals surface area contributed by atoms with E-state index in [1.807, 2.05) is 11.3 Å². The molecule has 3 heteroatoms. The van der Waals surface area contributed by atoms with Gasteiger partial charge in [-0.3, -0.25) is 4.90 Å². The highest BCUT2D eigenvalue weighted by molar-refractivity contribution is 7.10. The number of nitrogens with two attached hydrogens (primary N) is 1. The standard InChI is InChI=1S/C10H18N2S/c1-3-12(6-5-11)8-10-9(2)4-7-13-10/h4,7H,3,5-6,8,11H2,1-2H3. The fraction of sp³-hybridized carbons (Fsp3) is 0.600. The van der Waals surface area contributed by atoms with Crippen LogP contribution in [-0.2, 0) is 6.54 Å². The second kappa shape index (κ2) is 5.37. The summed E-state index contributed by atoms with van der Waals surface area (Å²) in [5.41, 5.74) is 6.94. The third kappa shape index (κ3) is 3.10. The number of aryl methyl sites for hydroxylation is 1. The summed E-state index contributed by atoms with van der Waals surface area (Å²) < 4.78 is 0. The molecule has 0 atom stereocenters. The molecular weight excluding hydrogens is 180 g/mol. The van der Waals surface area contributed by atoms with E-state index in [0.29, 0.717) is 0 Å². The minimum absolute atomic E-state index is 0.748. The molecule has 0 aromatic carbocycles. The second-order valence-electron chi connectivity index (χ2n) is 3.18. The summed E-state index contributed by atoms with van der Waals surface area (Å²) in [6.45, 7) is 8.22. The van der Waals surface area contributed by atoms with Crippen molar-refractivity contribution in [3.63, 3.8) is 0 Å². The lowest BCUT2D eigenvalue weighted by Crippen LogP contribution is -2.28. The summed E-state index contributed by atoms with van der Waals surface area (Å²) in [5, 5.41) is 2.15. The van der Waals surface area contributed by atoms with Crippen molar-refractivity contribution in [2.24, 2.45) is 5.73 Å². The Hall–Kier alpha value is -0.380. The molecule has 13 heavy (non-hydrogen) atoms. The first-order chi connectivity index (χ1) is 6.27. The average molecular weight is 198 g/mol. The molecule has 0 radical (unpaired) electrons. The quantitative estimate of drug-likeness (QED) is 0.782. The molecule has 1 aromatic rings. The molecule has 1 heterocycles. The first kappa shape index (κ1) is 10.7. The molecular formula is C10H18N2S. The monoisotopic (exact) mass is 198 g/mol. The molecule has 0 spiro atoms. The predicted molar refractivity (Wildman–Crippen MR) is 59.1 cm³/mol. The van der Waals surface area contributed by atoms with Crippen LogP contribution >= 0.6 is 11.3 Å². The van der Waals surface area contributed by atoms with Gasteiger partial charge < -0.3 is 5.73 Å². The van der Waals surface area contributed by atoms with Crippen molar-refractivity contribution in [3.05, 3.63) is 21.9 Å². The molecule has 0 unspecified atom stereocenters. The van der Waals surface area contributed by atoms with Gasteiger partial charge in [0.1, 0.15) is 0 Å². The van der Waals surface area contributed by atoms with Crippen LogP contribution in [-0.4, -0.2) is 24.5 Å². The van der Waals surface area contributed by atoms with Gasteiger partial charge in [-0.1, -0.05) is 6.92 Å². The Bertz CT molecular complexity index is 245. The molecule has 2 nitrogen and oxygen atoms in total. The normalized spacial score (nSPS) is 11.1. The summed E-state index contributed by atoms with van der Waals surface area (Å²) in [7, 11) is 0. The van der Waals surface area contributed by atoms with Crippen LogP contribution in [0.25, 0.3) is 0 Å². The Morgan fingerprint density at radius 3 is 2.77 bits per heavy atom. The molecule has 0 aliphatic rings. The molecule has 0 fully saturated rings. The van der Waals surface area contributed by atoms with Gasteiger partial charge in [0.2, 0.25) is 0 Å². The highest BCUT2D eigenvalue weighted by atomic mass is 32.1. The van der Waals surface area contributed by atoms with E-state index in [1.54, 1.807) is 0 Å². The topological polar surface area (TPSA) is 29.3 Å². The number of hydrogen-bond acceptors (Lipinski definition) is 3. The van der Waals surface area contributed by atoms with E-state index in [1.165, 1.54) is 10.4 Å². The Morgan fingerprint density at radius 2 is 2.31 bits per heavy atom. The van der Waals surface area contributed by atoms with Crippen LogP contribution in [0.1, 0.15) is 17.4 Å². The van der Waals surface area contributed by atoms with Crippen LogP contribution in [0.15, 0.2) is 11.4 Å². The zero-order valence-electron chi connectivity index (χ0n) is 8.42. The van der Waals surface area contributed by atoms with Gasteiger partial charge in [-0.2, -0.15) is 0 Å². The zero-order chi connectivity index (χ0) is 9.68. The van der Waals surface area contributed by atoms with Gasteiger partial charge in [0.15, 0.2) is 0 Å². The van der Waals surface area contributed by atoms with Gasteiger partial charge in [-0.05, 0) is 30.5 Å². The van der Waals surface area contributed by atoms with Crippen molar-refractivity contribution in [3.8, 4) is 0 Å². The first-order valence-electron chi connectivity index (χ1n) is 4.73. The van der Waals surface area contributed by atoms with E-state index < -0.39 is 0 Å². The van der Waals surface area contributed by atoms with Crippen LogP contribution in [0.5, 0.6) is 0 Å². The number of nitrogens with zero attached hydrogens (tertiary/aromatic N) is 1. The van der Waals surface area contributed by atoms with Crippen molar-refractivity contribution in [2.75, 3.05) is 19.6 Å². The Labute approximate surface area is 84.4 Å². The van der Waals surface area contributed by atoms with Gasteiger partial charge >= 0.3 is 0 Å². The maximum absolute atomic E-state index is 5.53. The van der Waals surface area contributed by atoms with Crippen molar-refractivity contribution < 1.29 is 0 Å². The fourth-order valence-corrected chi connectivity index (χ4v) is 2.25. The van der Waals surface area contributed by atoms with Gasteiger partial charge in [0, 0.05) is 24.5 Å². The third-order valence-electron chi connectivity index (χ3n) is 2.23. The first-order valence-corrected chi connectivity index (χ1v) is 5.61. The highest BCUT2D eigenvalue weighted by Gasteiger charge is 2.05. The molecule has 1 rings (SSSR count). The Balaban J connectivity index is 2.51. The van der Waals surface area contributed by atoms with Crippen LogP contribution < -0.4 is 5.73 Å². The molecule has 2 N–H and O–H groups in total. The van der Waals surface area contributed by atoms with E-state index in [0.717, 1.165) is 26.2 Å². The molecule has 0 aliphatic heterocycles. The van der Waals surface area contributed by atoms with Gasteiger partial charge in [-0.25, -0.2) is 0 Å². The molecule has 0 aliphatic carbocycles. The number of thiophene rings is 1. The maximum Gasteiger partial charge on any atom is 0.0330 e. The molecule has 0 saturated heterocycles. The maximum atomic E-state index is 5.53. The van der Waals surface area contributed by atoms with Crippen LogP contribution in [0, 0.1) is 6.92 Å². The smallest absolute Gasteiger partial charge is 0.0330 e. The van der Waals surface area contributed by atoms with Crippen molar-refractivity contribution in [1.82, 2.24) is 4.90 Å². The Kier molecular flexibility index (Phi) is 4.42. The highest BCUT2D eigenvalue weighted by Crippen LogP contribution is 2.17. The van der Waals surface area contributed by atoms with E-state index >= 15 is 0 Å². The summed E-state index contributed by atoms with van der Waals surface area (Å²) in [4.78, 5) is 3.84. The lowest BCUT2D eigenvalue weighted by atomic mass is 10.3. The number of hydrogen-bond donors (Lipinski definition) is 1. The summed E-state index contributed by atoms with van der Waals surface area (Å²) in [6.07, 6.45) is 0. The largest absolute Gasteiger partial charge is 0.329 e. The van der Waals surface area contributed by atoms with E-state index in [9.17, 15) is 0 Å². The molecule has 0 saturated carbocycles. The van der Waals surface area contributed by atoms with Crippen molar-refractivity contribution in [1.29, 1.82) is 0 Å². The lowest BCUT2D eigenvalue weighted by Gasteiger charge is -2.18. The average Bonchev–Trinajstić information content (AvgIpc) is 2.51. The molecule has 0 bridgehead atoms. The summed E-state index contributed by atoms with van der Waals surface area (Å²) >= 11 is 1.84. The number of rotatable bonds is 5. The van der Waals surface area contributed by atoms with Crippen LogP contribution in [0.4, 0.5) is 0 Å². The molecule has 74 valence electrons. The summed E-state index contributed by atoms with van der Waals surface area (Å²) in [5.74, 6) is 0. The van der Waals surface area contributed by atoms with Crippen LogP contribution in [0.2, 0.25) is 0 Å². The number of likely N-dealkylation sites (N-methyl/N-ethyl adjacent to an activating group) is 1. The molecule has 1 aromatic heterocycles. The SMILES string of the molecule is CCN(CCN)Cc1sccc1C. The van der Waals surface area contributed by atoms with Crippen molar-refractivity contribution >= 4 is 11.3 Å². The Morgan fingerprint density at radius 1 is 1.54 bits per heavy atom. The zero-order valence-corrected chi connectivity index (χ0v) is 9.23. The van der Waals surface area contributed by atoms with Gasteiger partial charge in [-0.15, -0.1) is 11.3 Å². The van der Waals surface area contributed by atoms with Gasteiger partial charge in [0.05, 0.1) is 0 Å². The fourth-order valence-electron chi connectivity index (χ4n) is 1.30. The van der Waals surface area contributed by atoms with Crippen LogP contribution in [0.3, 0.4) is 0 Å². The van der Waals surface area contributed by atoms with E-state index in [4.69, 9.17) is 5.73 Å². The minimum atomic E-state index is 0.748. The molecule has 0 amide bonds. The lowest BCUT2D eigenvalue weighted by molar-refractivity contribution is 0.290.